The second kappa shape index (κ2) is 6.35. The van der Waals surface area contributed by atoms with Crippen molar-refractivity contribution in [3.63, 3.8) is 0 Å². The van der Waals surface area contributed by atoms with Gasteiger partial charge in [0.2, 0.25) is 16.8 Å². The zero-order chi connectivity index (χ0) is 18.4. The van der Waals surface area contributed by atoms with Gasteiger partial charge in [-0.2, -0.15) is 0 Å². The summed E-state index contributed by atoms with van der Waals surface area (Å²) in [6.07, 6.45) is 0. The first-order valence-electron chi connectivity index (χ1n) is 8.17. The summed E-state index contributed by atoms with van der Waals surface area (Å²) in [6, 6.07) is 5.43. The van der Waals surface area contributed by atoms with Crippen LogP contribution in [0.3, 0.4) is 0 Å². The number of hydrogen-bond acceptors (Lipinski definition) is 4. The molecular weight excluding hydrogens is 338 g/mol. The van der Waals surface area contributed by atoms with Crippen LogP contribution in [0, 0.1) is 34.6 Å². The van der Waals surface area contributed by atoms with Gasteiger partial charge in [-0.3, -0.25) is 0 Å². The molecule has 0 bridgehead atoms. The SMILES string of the molecule is Cc1c(C)c(C)c(S(=O)(=O)NCc2ccc3c(c2)OCO3)c(C)c1C. The molecule has 2 aromatic carbocycles. The molecule has 6 heteroatoms. The van der Waals surface area contributed by atoms with E-state index in [0.717, 1.165) is 33.4 Å². The molecule has 25 heavy (non-hydrogen) atoms. The maximum Gasteiger partial charge on any atom is 0.241 e. The lowest BCUT2D eigenvalue weighted by atomic mass is 9.95. The lowest BCUT2D eigenvalue weighted by Gasteiger charge is -2.19. The van der Waals surface area contributed by atoms with E-state index in [4.69, 9.17) is 9.47 Å². The largest absolute Gasteiger partial charge is 0.454 e. The predicted octanol–water partition coefficient (Wildman–Crippen LogP) is 3.44. The molecule has 0 unspecified atom stereocenters. The van der Waals surface area contributed by atoms with E-state index >= 15 is 0 Å². The van der Waals surface area contributed by atoms with Crippen LogP contribution < -0.4 is 14.2 Å². The maximum absolute atomic E-state index is 12.9. The fourth-order valence-electron chi connectivity index (χ4n) is 3.17. The van der Waals surface area contributed by atoms with E-state index < -0.39 is 10.0 Å². The Labute approximate surface area is 149 Å². The second-order valence-electron chi connectivity index (χ2n) is 6.47. The van der Waals surface area contributed by atoms with Gasteiger partial charge in [-0.15, -0.1) is 0 Å². The lowest BCUT2D eigenvalue weighted by Crippen LogP contribution is -2.25. The van der Waals surface area contributed by atoms with Gasteiger partial charge in [0, 0.05) is 6.54 Å². The van der Waals surface area contributed by atoms with Crippen LogP contribution in [-0.4, -0.2) is 15.2 Å². The molecule has 0 aromatic heterocycles. The minimum Gasteiger partial charge on any atom is -0.454 e. The van der Waals surface area contributed by atoms with Gasteiger partial charge in [0.1, 0.15) is 0 Å². The molecule has 0 saturated heterocycles. The molecule has 0 amide bonds. The zero-order valence-corrected chi connectivity index (χ0v) is 16.0. The zero-order valence-electron chi connectivity index (χ0n) is 15.2. The number of hydrogen-bond donors (Lipinski definition) is 1. The van der Waals surface area contributed by atoms with E-state index in [1.165, 1.54) is 0 Å². The summed E-state index contributed by atoms with van der Waals surface area (Å²) in [5.74, 6) is 1.33. The monoisotopic (exact) mass is 361 g/mol. The summed E-state index contributed by atoms with van der Waals surface area (Å²) in [4.78, 5) is 0.383. The summed E-state index contributed by atoms with van der Waals surface area (Å²) in [7, 11) is -3.62. The Morgan fingerprint density at radius 1 is 0.880 bits per heavy atom. The summed E-state index contributed by atoms with van der Waals surface area (Å²) in [5.41, 5.74) is 5.61. The van der Waals surface area contributed by atoms with Crippen LogP contribution in [0.15, 0.2) is 23.1 Å². The molecular formula is C19H23NO4S. The minimum atomic E-state index is -3.62. The van der Waals surface area contributed by atoms with Crippen molar-refractivity contribution in [2.75, 3.05) is 6.79 Å². The lowest BCUT2D eigenvalue weighted by molar-refractivity contribution is 0.174. The third kappa shape index (κ3) is 3.12. The molecule has 1 aliphatic heterocycles. The number of fused-ring (bicyclic) bond motifs is 1. The molecule has 2 aromatic rings. The number of rotatable bonds is 4. The van der Waals surface area contributed by atoms with Gasteiger partial charge in [0.15, 0.2) is 11.5 Å². The van der Waals surface area contributed by atoms with Crippen LogP contribution in [0.25, 0.3) is 0 Å². The number of benzene rings is 2. The average molecular weight is 361 g/mol. The van der Waals surface area contributed by atoms with Crippen LogP contribution in [0.2, 0.25) is 0 Å². The molecule has 3 rings (SSSR count). The van der Waals surface area contributed by atoms with Crippen LogP contribution in [0.4, 0.5) is 0 Å². The van der Waals surface area contributed by atoms with Crippen LogP contribution >= 0.6 is 0 Å². The van der Waals surface area contributed by atoms with Gasteiger partial charge in [-0.1, -0.05) is 6.07 Å². The van der Waals surface area contributed by atoms with Gasteiger partial charge in [-0.05, 0) is 80.1 Å². The molecule has 0 atom stereocenters. The van der Waals surface area contributed by atoms with Gasteiger partial charge in [0.25, 0.3) is 0 Å². The Balaban J connectivity index is 1.90. The second-order valence-corrected chi connectivity index (χ2v) is 8.17. The van der Waals surface area contributed by atoms with Crippen molar-refractivity contribution in [3.8, 4) is 11.5 Å². The van der Waals surface area contributed by atoms with E-state index in [0.29, 0.717) is 16.4 Å². The maximum atomic E-state index is 12.9. The Hall–Kier alpha value is -2.05. The molecule has 1 N–H and O–H groups in total. The average Bonchev–Trinajstić information content (AvgIpc) is 3.04. The molecule has 0 aliphatic carbocycles. The van der Waals surface area contributed by atoms with Gasteiger partial charge in [-0.25, -0.2) is 13.1 Å². The van der Waals surface area contributed by atoms with E-state index in [1.807, 2.05) is 40.7 Å². The van der Waals surface area contributed by atoms with Crippen molar-refractivity contribution in [2.45, 2.75) is 46.1 Å². The highest BCUT2D eigenvalue weighted by atomic mass is 32.2. The Morgan fingerprint density at radius 2 is 1.44 bits per heavy atom. The van der Waals surface area contributed by atoms with Gasteiger partial charge < -0.3 is 9.47 Å². The summed E-state index contributed by atoms with van der Waals surface area (Å²) in [5, 5.41) is 0. The number of nitrogens with one attached hydrogen (secondary N) is 1. The van der Waals surface area contributed by atoms with E-state index in [-0.39, 0.29) is 13.3 Å². The van der Waals surface area contributed by atoms with Crippen molar-refractivity contribution in [1.29, 1.82) is 0 Å². The van der Waals surface area contributed by atoms with Gasteiger partial charge in [0.05, 0.1) is 4.90 Å². The Kier molecular flexibility index (Phi) is 4.51. The first-order chi connectivity index (χ1) is 11.7. The quantitative estimate of drug-likeness (QED) is 0.906. The van der Waals surface area contributed by atoms with Crippen LogP contribution in [-0.2, 0) is 16.6 Å². The highest BCUT2D eigenvalue weighted by Gasteiger charge is 2.23. The normalized spacial score (nSPS) is 13.3. The Morgan fingerprint density at radius 3 is 2.08 bits per heavy atom. The third-order valence-electron chi connectivity index (χ3n) is 5.10. The number of sulfonamides is 1. The van der Waals surface area contributed by atoms with Crippen molar-refractivity contribution in [2.24, 2.45) is 0 Å². The molecule has 0 saturated carbocycles. The van der Waals surface area contributed by atoms with Crippen molar-refractivity contribution in [1.82, 2.24) is 4.72 Å². The number of ether oxygens (including phenoxy) is 2. The third-order valence-corrected chi connectivity index (χ3v) is 6.78. The first kappa shape index (κ1) is 17.8. The van der Waals surface area contributed by atoms with Crippen LogP contribution in [0.1, 0.15) is 33.4 Å². The molecule has 1 heterocycles. The molecule has 0 radical (unpaired) electrons. The predicted molar refractivity (Wildman–Crippen MR) is 96.7 cm³/mol. The van der Waals surface area contributed by atoms with E-state index in [1.54, 1.807) is 12.1 Å². The summed E-state index contributed by atoms with van der Waals surface area (Å²) >= 11 is 0. The molecule has 1 aliphatic rings. The summed E-state index contributed by atoms with van der Waals surface area (Å²) in [6.45, 7) is 10.1. The van der Waals surface area contributed by atoms with Gasteiger partial charge >= 0.3 is 0 Å². The Bertz CT molecular complexity index is 919. The molecule has 0 fully saturated rings. The molecule has 134 valence electrons. The highest BCUT2D eigenvalue weighted by molar-refractivity contribution is 7.89. The van der Waals surface area contributed by atoms with Crippen LogP contribution in [0.5, 0.6) is 11.5 Å². The topological polar surface area (TPSA) is 64.6 Å². The van der Waals surface area contributed by atoms with Crippen molar-refractivity contribution < 1.29 is 17.9 Å². The molecule has 5 nitrogen and oxygen atoms in total. The first-order valence-corrected chi connectivity index (χ1v) is 9.66. The molecule has 0 spiro atoms. The van der Waals surface area contributed by atoms with Crippen molar-refractivity contribution in [3.05, 3.63) is 51.6 Å². The standard InChI is InChI=1S/C19H23NO4S/c1-11-12(2)14(4)19(15(5)13(11)3)25(21,22)20-9-16-6-7-17-18(8-16)24-10-23-17/h6-8,20H,9-10H2,1-5H3. The summed E-state index contributed by atoms with van der Waals surface area (Å²) < 4.78 is 39.2. The van der Waals surface area contributed by atoms with E-state index in [9.17, 15) is 8.42 Å². The smallest absolute Gasteiger partial charge is 0.241 e. The fourth-order valence-corrected chi connectivity index (χ4v) is 4.78. The fraction of sp³-hybridized carbons (Fsp3) is 0.368. The minimum absolute atomic E-state index is 0.198. The highest BCUT2D eigenvalue weighted by Crippen LogP contribution is 2.33. The van der Waals surface area contributed by atoms with E-state index in [2.05, 4.69) is 4.72 Å². The van der Waals surface area contributed by atoms with Crippen molar-refractivity contribution >= 4 is 10.0 Å².